The first kappa shape index (κ1) is 13.1. The molecule has 1 fully saturated rings. The van der Waals surface area contributed by atoms with Crippen molar-refractivity contribution in [3.63, 3.8) is 0 Å². The number of amides is 1. The van der Waals surface area contributed by atoms with Gasteiger partial charge in [-0.1, -0.05) is 11.3 Å². The van der Waals surface area contributed by atoms with E-state index in [1.165, 1.54) is 11.3 Å². The SMILES string of the molecule is COC1CCN(C(=O)c2sc(N(C)C)nc2N)C1. The van der Waals surface area contributed by atoms with E-state index >= 15 is 0 Å². The molecule has 0 spiro atoms. The van der Waals surface area contributed by atoms with Crippen LogP contribution in [0.5, 0.6) is 0 Å². The smallest absolute Gasteiger partial charge is 0.267 e. The lowest BCUT2D eigenvalue weighted by molar-refractivity contribution is 0.0729. The highest BCUT2D eigenvalue weighted by molar-refractivity contribution is 7.18. The van der Waals surface area contributed by atoms with Crippen LogP contribution in [0.4, 0.5) is 10.9 Å². The van der Waals surface area contributed by atoms with E-state index in [1.54, 1.807) is 12.0 Å². The molecule has 2 heterocycles. The number of anilines is 2. The number of ether oxygens (including phenoxy) is 1. The number of carbonyl (C=O) groups excluding carboxylic acids is 1. The van der Waals surface area contributed by atoms with Crippen LogP contribution >= 0.6 is 11.3 Å². The Morgan fingerprint density at radius 2 is 2.33 bits per heavy atom. The average molecular weight is 270 g/mol. The number of thiazole rings is 1. The van der Waals surface area contributed by atoms with Gasteiger partial charge in [-0.3, -0.25) is 4.79 Å². The molecule has 0 bridgehead atoms. The molecule has 1 aromatic heterocycles. The summed E-state index contributed by atoms with van der Waals surface area (Å²) in [5.74, 6) is 0.271. The van der Waals surface area contributed by atoms with Crippen LogP contribution in [0.3, 0.4) is 0 Å². The molecule has 2 N–H and O–H groups in total. The number of aromatic nitrogens is 1. The molecule has 1 saturated heterocycles. The molecule has 1 unspecified atom stereocenters. The number of nitrogens with zero attached hydrogens (tertiary/aromatic N) is 3. The number of nitrogens with two attached hydrogens (primary N) is 1. The van der Waals surface area contributed by atoms with E-state index in [4.69, 9.17) is 10.5 Å². The van der Waals surface area contributed by atoms with Crippen molar-refractivity contribution in [2.45, 2.75) is 12.5 Å². The number of hydrogen-bond acceptors (Lipinski definition) is 6. The van der Waals surface area contributed by atoms with Crippen LogP contribution in [-0.2, 0) is 4.74 Å². The normalized spacial score (nSPS) is 19.3. The van der Waals surface area contributed by atoms with Gasteiger partial charge in [-0.05, 0) is 6.42 Å². The standard InChI is InChI=1S/C11H18N4O2S/c1-14(2)11-13-9(12)8(18-11)10(16)15-5-4-7(6-15)17-3/h7H,4-6,12H2,1-3H3. The zero-order valence-electron chi connectivity index (χ0n) is 10.8. The molecule has 7 heteroatoms. The summed E-state index contributed by atoms with van der Waals surface area (Å²) in [6.45, 7) is 1.34. The minimum atomic E-state index is -0.0438. The molecule has 18 heavy (non-hydrogen) atoms. The molecule has 0 radical (unpaired) electrons. The van der Waals surface area contributed by atoms with Crippen molar-refractivity contribution in [3.05, 3.63) is 4.88 Å². The number of likely N-dealkylation sites (tertiary alicyclic amines) is 1. The first-order valence-corrected chi connectivity index (χ1v) is 6.60. The third-order valence-corrected chi connectivity index (χ3v) is 4.21. The summed E-state index contributed by atoms with van der Waals surface area (Å²) < 4.78 is 5.26. The molecule has 2 rings (SSSR count). The Kier molecular flexibility index (Phi) is 3.72. The lowest BCUT2D eigenvalue weighted by Gasteiger charge is -2.15. The van der Waals surface area contributed by atoms with Gasteiger partial charge >= 0.3 is 0 Å². The van der Waals surface area contributed by atoms with Gasteiger partial charge in [-0.2, -0.15) is 0 Å². The minimum Gasteiger partial charge on any atom is -0.382 e. The van der Waals surface area contributed by atoms with Gasteiger partial charge in [0, 0.05) is 34.3 Å². The summed E-state index contributed by atoms with van der Waals surface area (Å²) >= 11 is 1.33. The van der Waals surface area contributed by atoms with Crippen molar-refractivity contribution < 1.29 is 9.53 Å². The van der Waals surface area contributed by atoms with Crippen molar-refractivity contribution in [1.82, 2.24) is 9.88 Å². The summed E-state index contributed by atoms with van der Waals surface area (Å²) in [7, 11) is 5.43. The van der Waals surface area contributed by atoms with Crippen molar-refractivity contribution in [1.29, 1.82) is 0 Å². The molecule has 100 valence electrons. The van der Waals surface area contributed by atoms with E-state index in [0.29, 0.717) is 23.8 Å². The predicted molar refractivity (Wildman–Crippen MR) is 72.2 cm³/mol. The fraction of sp³-hybridized carbons (Fsp3) is 0.636. The molecular weight excluding hydrogens is 252 g/mol. The summed E-state index contributed by atoms with van der Waals surface area (Å²) in [6.07, 6.45) is 1.01. The maximum Gasteiger partial charge on any atom is 0.267 e. The largest absolute Gasteiger partial charge is 0.382 e. The van der Waals surface area contributed by atoms with Crippen molar-refractivity contribution in [2.75, 3.05) is 44.9 Å². The van der Waals surface area contributed by atoms with E-state index in [2.05, 4.69) is 4.98 Å². The van der Waals surface area contributed by atoms with Crippen LogP contribution in [0.15, 0.2) is 0 Å². The van der Waals surface area contributed by atoms with Crippen molar-refractivity contribution in [2.24, 2.45) is 0 Å². The first-order chi connectivity index (χ1) is 8.52. The zero-order chi connectivity index (χ0) is 13.3. The van der Waals surface area contributed by atoms with Gasteiger partial charge in [-0.25, -0.2) is 4.98 Å². The van der Waals surface area contributed by atoms with E-state index in [1.807, 2.05) is 19.0 Å². The van der Waals surface area contributed by atoms with Gasteiger partial charge in [-0.15, -0.1) is 0 Å². The zero-order valence-corrected chi connectivity index (χ0v) is 11.7. The van der Waals surface area contributed by atoms with Crippen LogP contribution in [-0.4, -0.2) is 56.2 Å². The third-order valence-electron chi connectivity index (χ3n) is 2.98. The Hall–Kier alpha value is -1.34. The van der Waals surface area contributed by atoms with E-state index in [9.17, 15) is 4.79 Å². The topological polar surface area (TPSA) is 71.7 Å². The van der Waals surface area contributed by atoms with Crippen molar-refractivity contribution in [3.8, 4) is 0 Å². The number of rotatable bonds is 3. The second-order valence-corrected chi connectivity index (χ2v) is 5.48. The van der Waals surface area contributed by atoms with Gasteiger partial charge in [0.05, 0.1) is 6.10 Å². The molecule has 1 aromatic rings. The number of carbonyl (C=O) groups is 1. The lowest BCUT2D eigenvalue weighted by atomic mass is 10.3. The second-order valence-electron chi connectivity index (χ2n) is 4.50. The molecule has 1 aliphatic heterocycles. The quantitative estimate of drug-likeness (QED) is 0.873. The average Bonchev–Trinajstić information content (AvgIpc) is 2.94. The van der Waals surface area contributed by atoms with Gasteiger partial charge in [0.1, 0.15) is 10.7 Å². The van der Waals surface area contributed by atoms with Crippen LogP contribution in [0, 0.1) is 0 Å². The van der Waals surface area contributed by atoms with Gasteiger partial charge in [0.2, 0.25) is 0 Å². The summed E-state index contributed by atoms with van der Waals surface area (Å²) in [5.41, 5.74) is 5.81. The van der Waals surface area contributed by atoms with Gasteiger partial charge in [0.25, 0.3) is 5.91 Å². The highest BCUT2D eigenvalue weighted by Crippen LogP contribution is 2.29. The Balaban J connectivity index is 2.14. The van der Waals surface area contributed by atoms with E-state index in [-0.39, 0.29) is 12.0 Å². The number of nitrogen functional groups attached to an aromatic ring is 1. The molecule has 0 aromatic carbocycles. The number of hydrogen-bond donors (Lipinski definition) is 1. The Morgan fingerprint density at radius 1 is 1.61 bits per heavy atom. The molecule has 1 aliphatic rings. The molecule has 0 aliphatic carbocycles. The molecule has 0 saturated carbocycles. The van der Waals surface area contributed by atoms with E-state index in [0.717, 1.165) is 11.6 Å². The lowest BCUT2D eigenvalue weighted by Crippen LogP contribution is -2.29. The van der Waals surface area contributed by atoms with Crippen molar-refractivity contribution >= 4 is 28.2 Å². The van der Waals surface area contributed by atoms with Crippen LogP contribution < -0.4 is 10.6 Å². The van der Waals surface area contributed by atoms with Crippen LogP contribution in [0.25, 0.3) is 0 Å². The molecular formula is C11H18N4O2S. The Morgan fingerprint density at radius 3 is 2.83 bits per heavy atom. The summed E-state index contributed by atoms with van der Waals surface area (Å²) in [6, 6.07) is 0. The van der Waals surface area contributed by atoms with Crippen LogP contribution in [0.1, 0.15) is 16.1 Å². The third kappa shape index (κ3) is 2.41. The highest BCUT2D eigenvalue weighted by atomic mass is 32.1. The fourth-order valence-electron chi connectivity index (χ4n) is 1.91. The maximum atomic E-state index is 12.3. The summed E-state index contributed by atoms with van der Waals surface area (Å²) in [5, 5.41) is 0.748. The monoisotopic (exact) mass is 270 g/mol. The minimum absolute atomic E-state index is 0.0438. The fourth-order valence-corrected chi connectivity index (χ4v) is 2.79. The van der Waals surface area contributed by atoms with Gasteiger partial charge in [0.15, 0.2) is 5.13 Å². The Labute approximate surface area is 110 Å². The molecule has 1 amide bonds. The van der Waals surface area contributed by atoms with Gasteiger partial charge < -0.3 is 20.3 Å². The highest BCUT2D eigenvalue weighted by Gasteiger charge is 2.29. The number of methoxy groups -OCH3 is 1. The molecule has 1 atom stereocenters. The Bertz CT molecular complexity index is 446. The van der Waals surface area contributed by atoms with E-state index < -0.39 is 0 Å². The first-order valence-electron chi connectivity index (χ1n) is 5.78. The molecule has 6 nitrogen and oxygen atoms in total. The maximum absolute atomic E-state index is 12.3. The second kappa shape index (κ2) is 5.11. The van der Waals surface area contributed by atoms with Crippen LogP contribution in [0.2, 0.25) is 0 Å². The summed E-state index contributed by atoms with van der Waals surface area (Å²) in [4.78, 5) is 20.6. The predicted octanol–water partition coefficient (Wildman–Crippen LogP) is 0.652.